The zero-order valence-corrected chi connectivity index (χ0v) is 8.31. The topological polar surface area (TPSA) is 22.1 Å². The van der Waals surface area contributed by atoms with Crippen LogP contribution in [0.4, 0.5) is 4.39 Å². The fourth-order valence-corrected chi connectivity index (χ4v) is 0.814. The van der Waals surface area contributed by atoms with Gasteiger partial charge in [-0.05, 0) is 26.0 Å². The molecule has 1 rings (SSSR count). The summed E-state index contributed by atoms with van der Waals surface area (Å²) in [5.41, 5.74) is -1.33. The molecule has 72 valence electrons. The zero-order valence-electron chi connectivity index (χ0n) is 7.55. The second-order valence-corrected chi connectivity index (χ2v) is 3.71. The molecule has 13 heavy (non-hydrogen) atoms. The number of hydrogen-bond acceptors (Lipinski definition) is 2. The van der Waals surface area contributed by atoms with E-state index < -0.39 is 5.67 Å². The van der Waals surface area contributed by atoms with Gasteiger partial charge in [0.25, 0.3) is 0 Å². The molecule has 4 heteroatoms. The third-order valence-corrected chi connectivity index (χ3v) is 1.51. The lowest BCUT2D eigenvalue weighted by molar-refractivity contribution is 0.120. The van der Waals surface area contributed by atoms with E-state index in [1.54, 1.807) is 12.1 Å². The number of halogens is 2. The van der Waals surface area contributed by atoms with E-state index in [0.717, 1.165) is 0 Å². The highest BCUT2D eigenvalue weighted by Crippen LogP contribution is 2.15. The molecule has 2 nitrogen and oxygen atoms in total. The van der Waals surface area contributed by atoms with E-state index in [2.05, 4.69) is 4.98 Å². The first-order valence-corrected chi connectivity index (χ1v) is 4.28. The van der Waals surface area contributed by atoms with Gasteiger partial charge >= 0.3 is 0 Å². The van der Waals surface area contributed by atoms with Crippen LogP contribution in [0.1, 0.15) is 13.8 Å². The van der Waals surface area contributed by atoms with Crippen LogP contribution in [-0.4, -0.2) is 17.3 Å². The highest BCUT2D eigenvalue weighted by Gasteiger charge is 2.16. The van der Waals surface area contributed by atoms with Crippen LogP contribution in [-0.2, 0) is 0 Å². The molecule has 0 N–H and O–H groups in total. The van der Waals surface area contributed by atoms with Gasteiger partial charge in [-0.15, -0.1) is 0 Å². The molecule has 0 aromatic carbocycles. The molecule has 0 aliphatic rings. The lowest BCUT2D eigenvalue weighted by Crippen LogP contribution is -2.22. The molecule has 0 fully saturated rings. The maximum Gasteiger partial charge on any atom is 0.139 e. The number of pyridine rings is 1. The van der Waals surface area contributed by atoms with Gasteiger partial charge in [0.05, 0.1) is 6.20 Å². The summed E-state index contributed by atoms with van der Waals surface area (Å²) < 4.78 is 18.1. The number of alkyl halides is 1. The zero-order chi connectivity index (χ0) is 9.90. The fraction of sp³-hybridized carbons (Fsp3) is 0.444. The van der Waals surface area contributed by atoms with E-state index in [1.807, 2.05) is 0 Å². The van der Waals surface area contributed by atoms with Crippen molar-refractivity contribution in [2.75, 3.05) is 6.61 Å². The first-order valence-electron chi connectivity index (χ1n) is 3.91. The van der Waals surface area contributed by atoms with Gasteiger partial charge < -0.3 is 4.74 Å². The molecular formula is C9H11ClFNO. The highest BCUT2D eigenvalue weighted by molar-refractivity contribution is 6.29. The fourth-order valence-electron chi connectivity index (χ4n) is 0.703. The third kappa shape index (κ3) is 4.08. The second-order valence-electron chi connectivity index (χ2n) is 3.32. The smallest absolute Gasteiger partial charge is 0.139 e. The Bertz CT molecular complexity index is 268. The molecule has 0 amide bonds. The normalized spacial score (nSPS) is 11.4. The molecule has 0 aliphatic heterocycles. The van der Waals surface area contributed by atoms with E-state index in [0.29, 0.717) is 10.9 Å². The minimum Gasteiger partial charge on any atom is -0.489 e. The minimum atomic E-state index is -1.33. The minimum absolute atomic E-state index is 0.0102. The Morgan fingerprint density at radius 3 is 2.69 bits per heavy atom. The summed E-state index contributed by atoms with van der Waals surface area (Å²) in [5, 5.41) is 0.395. The Balaban J connectivity index is 2.51. The van der Waals surface area contributed by atoms with Crippen LogP contribution in [0.5, 0.6) is 5.75 Å². The van der Waals surface area contributed by atoms with Gasteiger partial charge in [0.2, 0.25) is 0 Å². The van der Waals surface area contributed by atoms with E-state index >= 15 is 0 Å². The van der Waals surface area contributed by atoms with Gasteiger partial charge in [0.1, 0.15) is 23.2 Å². The molecular weight excluding hydrogens is 193 g/mol. The van der Waals surface area contributed by atoms with E-state index in [9.17, 15) is 4.39 Å². The van der Waals surface area contributed by atoms with Crippen molar-refractivity contribution in [3.63, 3.8) is 0 Å². The maximum absolute atomic E-state index is 13.0. The van der Waals surface area contributed by atoms with E-state index in [1.165, 1.54) is 20.0 Å². The summed E-state index contributed by atoms with van der Waals surface area (Å²) in [6.45, 7) is 2.92. The monoisotopic (exact) mass is 203 g/mol. The van der Waals surface area contributed by atoms with Crippen molar-refractivity contribution >= 4 is 11.6 Å². The lowest BCUT2D eigenvalue weighted by atomic mass is 10.2. The number of nitrogens with zero attached hydrogens (tertiary/aromatic N) is 1. The van der Waals surface area contributed by atoms with Gasteiger partial charge in [-0.3, -0.25) is 0 Å². The average Bonchev–Trinajstić information content (AvgIpc) is 2.02. The van der Waals surface area contributed by atoms with Gasteiger partial charge in [-0.1, -0.05) is 11.6 Å². The SMILES string of the molecule is CC(C)(F)COc1ccc(Cl)nc1. The predicted molar refractivity (Wildman–Crippen MR) is 49.9 cm³/mol. The summed E-state index contributed by atoms with van der Waals surface area (Å²) in [5.74, 6) is 0.523. The molecule has 1 heterocycles. The lowest BCUT2D eigenvalue weighted by Gasteiger charge is -2.14. The van der Waals surface area contributed by atoms with Gasteiger partial charge in [-0.2, -0.15) is 0 Å². The maximum atomic E-state index is 13.0. The molecule has 0 aliphatic carbocycles. The Morgan fingerprint density at radius 2 is 2.23 bits per heavy atom. The largest absolute Gasteiger partial charge is 0.489 e. The van der Waals surface area contributed by atoms with Crippen LogP contribution in [0.25, 0.3) is 0 Å². The number of aromatic nitrogens is 1. The van der Waals surface area contributed by atoms with Gasteiger partial charge in [-0.25, -0.2) is 9.37 Å². The standard InChI is InChI=1S/C9H11ClFNO/c1-9(2,11)6-13-7-3-4-8(10)12-5-7/h3-5H,6H2,1-2H3. The summed E-state index contributed by atoms with van der Waals surface area (Å²) in [4.78, 5) is 3.80. The first kappa shape index (κ1) is 10.3. The van der Waals surface area contributed by atoms with Crippen LogP contribution in [0.2, 0.25) is 5.15 Å². The molecule has 0 radical (unpaired) electrons. The molecule has 1 aromatic rings. The third-order valence-electron chi connectivity index (χ3n) is 1.28. The first-order chi connectivity index (χ1) is 5.97. The Kier molecular flexibility index (Phi) is 3.09. The van der Waals surface area contributed by atoms with Crippen molar-refractivity contribution in [3.8, 4) is 5.75 Å². The highest BCUT2D eigenvalue weighted by atomic mass is 35.5. The molecule has 1 aromatic heterocycles. The van der Waals surface area contributed by atoms with Crippen LogP contribution < -0.4 is 4.74 Å². The second kappa shape index (κ2) is 3.92. The molecule has 0 bridgehead atoms. The van der Waals surface area contributed by atoms with Gasteiger partial charge in [0, 0.05) is 0 Å². The van der Waals surface area contributed by atoms with Crippen LogP contribution in [0.3, 0.4) is 0 Å². The van der Waals surface area contributed by atoms with E-state index in [4.69, 9.17) is 16.3 Å². The quantitative estimate of drug-likeness (QED) is 0.705. The van der Waals surface area contributed by atoms with E-state index in [-0.39, 0.29) is 6.61 Å². The van der Waals surface area contributed by atoms with Crippen molar-refractivity contribution in [2.45, 2.75) is 19.5 Å². The van der Waals surface area contributed by atoms with Crippen molar-refractivity contribution in [1.29, 1.82) is 0 Å². The van der Waals surface area contributed by atoms with Crippen LogP contribution in [0.15, 0.2) is 18.3 Å². The van der Waals surface area contributed by atoms with Crippen molar-refractivity contribution in [2.24, 2.45) is 0 Å². The van der Waals surface area contributed by atoms with Gasteiger partial charge in [0.15, 0.2) is 0 Å². The molecule has 0 spiro atoms. The van der Waals surface area contributed by atoms with Crippen molar-refractivity contribution in [3.05, 3.63) is 23.5 Å². The Hall–Kier alpha value is -0.830. The molecule has 0 saturated carbocycles. The number of rotatable bonds is 3. The summed E-state index contributed by atoms with van der Waals surface area (Å²) >= 11 is 5.56. The van der Waals surface area contributed by atoms with Crippen LogP contribution >= 0.6 is 11.6 Å². The van der Waals surface area contributed by atoms with Crippen molar-refractivity contribution in [1.82, 2.24) is 4.98 Å². The molecule has 0 atom stereocenters. The Morgan fingerprint density at radius 1 is 1.54 bits per heavy atom. The predicted octanol–water partition coefficient (Wildman–Crippen LogP) is 2.86. The molecule has 0 unspecified atom stereocenters. The van der Waals surface area contributed by atoms with Crippen LogP contribution in [0, 0.1) is 0 Å². The number of hydrogen-bond donors (Lipinski definition) is 0. The molecule has 0 saturated heterocycles. The Labute approximate surface area is 81.7 Å². The number of ether oxygens (including phenoxy) is 1. The summed E-state index contributed by atoms with van der Waals surface area (Å²) in [6.07, 6.45) is 1.47. The summed E-state index contributed by atoms with van der Waals surface area (Å²) in [7, 11) is 0. The average molecular weight is 204 g/mol. The summed E-state index contributed by atoms with van der Waals surface area (Å²) in [6, 6.07) is 3.25. The van der Waals surface area contributed by atoms with Crippen molar-refractivity contribution < 1.29 is 9.13 Å².